The van der Waals surface area contributed by atoms with Gasteiger partial charge in [-0.05, 0) is 38.5 Å². The Morgan fingerprint density at radius 1 is 0.625 bits per heavy atom. The summed E-state index contributed by atoms with van der Waals surface area (Å²) in [7, 11) is 0. The number of amides is 1. The lowest BCUT2D eigenvalue weighted by Gasteiger charge is -2.40. The van der Waals surface area contributed by atoms with E-state index in [0.29, 0.717) is 19.3 Å². The molecule has 0 aromatic rings. The normalized spacial score (nSPS) is 22.5. The predicted octanol–water partition coefficient (Wildman–Crippen LogP) is 7.06. The fourth-order valence-corrected chi connectivity index (χ4v) is 7.19. The Morgan fingerprint density at radius 3 is 1.59 bits per heavy atom. The van der Waals surface area contributed by atoms with E-state index in [1.165, 1.54) is 89.9 Å². The lowest BCUT2D eigenvalue weighted by atomic mass is 9.98. The molecule has 11 nitrogen and oxygen atoms in total. The number of unbranched alkanes of at least 4 members (excludes halogenated alkanes) is 22. The number of rotatable bonds is 37. The Morgan fingerprint density at radius 2 is 1.07 bits per heavy atom. The monoisotopic (exact) mass is 800 g/mol. The topological polar surface area (TPSA) is 189 Å². The SMILES string of the molecule is CCCCC/C=C\C=C/CCCCCCCC(O)C(=O)NC(COC1OC(CO)C(O)C(O)C1O)C(O)C(O)CCCCCCCCCCCCCCCCC. The maximum Gasteiger partial charge on any atom is 0.249 e. The Hall–Kier alpha value is -1.41. The molecular formula is C45H85NO10. The van der Waals surface area contributed by atoms with E-state index in [1.54, 1.807) is 0 Å². The minimum absolute atomic E-state index is 0.243. The van der Waals surface area contributed by atoms with E-state index in [0.717, 1.165) is 57.8 Å². The fourth-order valence-electron chi connectivity index (χ4n) is 7.19. The van der Waals surface area contributed by atoms with Gasteiger partial charge in [0.25, 0.3) is 0 Å². The van der Waals surface area contributed by atoms with E-state index in [-0.39, 0.29) is 6.42 Å². The van der Waals surface area contributed by atoms with Crippen molar-refractivity contribution in [3.63, 3.8) is 0 Å². The number of hydrogen-bond acceptors (Lipinski definition) is 10. The molecule has 1 rings (SSSR count). The standard InChI is InChI=1S/C45H85NO10/c1-3-5-7-9-11-13-15-17-19-21-22-24-26-28-30-32-37(48)40(50)36(35-55-45-43(53)42(52)41(51)39(34-47)56-45)46-44(54)38(49)33-31-29-27-25-23-20-18-16-14-12-10-8-6-4-2/h12,14,16,18,36-43,45,47-53H,3-11,13,15,17,19-35H2,1-2H3,(H,46,54)/b14-12-,18-16-. The van der Waals surface area contributed by atoms with Crippen LogP contribution in [0.3, 0.4) is 0 Å². The predicted molar refractivity (Wildman–Crippen MR) is 224 cm³/mol. The van der Waals surface area contributed by atoms with Crippen molar-refractivity contribution >= 4 is 5.91 Å². The second-order valence-corrected chi connectivity index (χ2v) is 16.2. The van der Waals surface area contributed by atoms with Crippen molar-refractivity contribution in [3.05, 3.63) is 24.3 Å². The number of aliphatic hydroxyl groups excluding tert-OH is 7. The lowest BCUT2D eigenvalue weighted by Crippen LogP contribution is -2.60. The number of ether oxygens (including phenoxy) is 2. The van der Waals surface area contributed by atoms with Gasteiger partial charge >= 0.3 is 0 Å². The smallest absolute Gasteiger partial charge is 0.249 e. The zero-order valence-corrected chi connectivity index (χ0v) is 35.4. The molecule has 1 amide bonds. The first-order valence-electron chi connectivity index (χ1n) is 22.8. The van der Waals surface area contributed by atoms with Crippen molar-refractivity contribution in [2.24, 2.45) is 0 Å². The largest absolute Gasteiger partial charge is 0.394 e. The van der Waals surface area contributed by atoms with Crippen LogP contribution in [0.15, 0.2) is 24.3 Å². The van der Waals surface area contributed by atoms with E-state index in [2.05, 4.69) is 43.5 Å². The second kappa shape index (κ2) is 35.5. The van der Waals surface area contributed by atoms with Gasteiger partial charge in [0.2, 0.25) is 5.91 Å². The van der Waals surface area contributed by atoms with Crippen molar-refractivity contribution in [1.29, 1.82) is 0 Å². The van der Waals surface area contributed by atoms with Crippen molar-refractivity contribution in [2.75, 3.05) is 13.2 Å². The molecule has 0 radical (unpaired) electrons. The Bertz CT molecular complexity index is 965. The first-order valence-corrected chi connectivity index (χ1v) is 22.8. The molecule has 9 atom stereocenters. The summed E-state index contributed by atoms with van der Waals surface area (Å²) < 4.78 is 11.1. The molecule has 0 aliphatic carbocycles. The van der Waals surface area contributed by atoms with Crippen molar-refractivity contribution in [3.8, 4) is 0 Å². The van der Waals surface area contributed by atoms with Crippen LogP contribution in [0, 0.1) is 0 Å². The third-order valence-corrected chi connectivity index (χ3v) is 11.0. The minimum atomic E-state index is -1.66. The van der Waals surface area contributed by atoms with Crippen LogP contribution in [0.4, 0.5) is 0 Å². The molecule has 11 heteroatoms. The van der Waals surface area contributed by atoms with Crippen LogP contribution in [0.1, 0.15) is 187 Å². The van der Waals surface area contributed by atoms with Gasteiger partial charge < -0.3 is 50.5 Å². The highest BCUT2D eigenvalue weighted by atomic mass is 16.7. The summed E-state index contributed by atoms with van der Waals surface area (Å²) in [5, 5.41) is 75.6. The molecule has 0 aromatic heterocycles. The summed E-state index contributed by atoms with van der Waals surface area (Å²) in [4.78, 5) is 13.1. The molecule has 0 bridgehead atoms. The maximum absolute atomic E-state index is 13.1. The molecule has 330 valence electrons. The van der Waals surface area contributed by atoms with Crippen LogP contribution in [-0.4, -0.2) is 110 Å². The molecule has 1 saturated heterocycles. The summed E-state index contributed by atoms with van der Waals surface area (Å²) >= 11 is 0. The van der Waals surface area contributed by atoms with Gasteiger partial charge in [0.15, 0.2) is 6.29 Å². The zero-order valence-electron chi connectivity index (χ0n) is 35.4. The average molecular weight is 800 g/mol. The van der Waals surface area contributed by atoms with Crippen LogP contribution in [0.25, 0.3) is 0 Å². The molecule has 1 aliphatic rings. The average Bonchev–Trinajstić information content (AvgIpc) is 3.20. The number of carbonyl (C=O) groups excluding carboxylic acids is 1. The Balaban J connectivity index is 2.49. The summed E-state index contributed by atoms with van der Waals surface area (Å²) in [5.74, 6) is -0.710. The highest BCUT2D eigenvalue weighted by Gasteiger charge is 2.44. The van der Waals surface area contributed by atoms with Gasteiger partial charge in [-0.3, -0.25) is 4.79 Å². The van der Waals surface area contributed by atoms with Gasteiger partial charge in [-0.15, -0.1) is 0 Å². The van der Waals surface area contributed by atoms with E-state index >= 15 is 0 Å². The quantitative estimate of drug-likeness (QED) is 0.0239. The zero-order chi connectivity index (χ0) is 41.2. The van der Waals surface area contributed by atoms with Gasteiger partial charge in [0.05, 0.1) is 25.4 Å². The Labute approximate surface area is 340 Å². The van der Waals surface area contributed by atoms with Gasteiger partial charge in [0, 0.05) is 0 Å². The minimum Gasteiger partial charge on any atom is -0.394 e. The number of nitrogens with one attached hydrogen (secondary N) is 1. The van der Waals surface area contributed by atoms with E-state index in [9.17, 15) is 40.5 Å². The first kappa shape index (κ1) is 52.6. The van der Waals surface area contributed by atoms with Crippen LogP contribution in [0.5, 0.6) is 0 Å². The number of aliphatic hydroxyl groups is 7. The third-order valence-electron chi connectivity index (χ3n) is 11.0. The summed E-state index contributed by atoms with van der Waals surface area (Å²) in [6, 6.07) is -1.17. The van der Waals surface area contributed by atoms with Crippen LogP contribution >= 0.6 is 0 Å². The molecule has 1 heterocycles. The van der Waals surface area contributed by atoms with Gasteiger partial charge in [-0.25, -0.2) is 0 Å². The highest BCUT2D eigenvalue weighted by Crippen LogP contribution is 2.23. The second-order valence-electron chi connectivity index (χ2n) is 16.2. The molecule has 0 spiro atoms. The van der Waals surface area contributed by atoms with E-state index in [1.807, 2.05) is 0 Å². The summed E-state index contributed by atoms with van der Waals surface area (Å²) in [6.45, 7) is 3.39. The first-order chi connectivity index (χ1) is 27.2. The molecule has 9 unspecified atom stereocenters. The number of allylic oxidation sites excluding steroid dienone is 4. The molecule has 56 heavy (non-hydrogen) atoms. The molecule has 0 aromatic carbocycles. The maximum atomic E-state index is 13.1. The van der Waals surface area contributed by atoms with Gasteiger partial charge in [-0.1, -0.05) is 173 Å². The fraction of sp³-hybridized carbons (Fsp3) is 0.889. The van der Waals surface area contributed by atoms with Gasteiger partial charge in [-0.2, -0.15) is 0 Å². The van der Waals surface area contributed by atoms with E-state index in [4.69, 9.17) is 9.47 Å². The Kier molecular flexibility index (Phi) is 33.4. The number of carbonyl (C=O) groups is 1. The van der Waals surface area contributed by atoms with Crippen LogP contribution in [0.2, 0.25) is 0 Å². The van der Waals surface area contributed by atoms with Crippen molar-refractivity contribution in [1.82, 2.24) is 5.32 Å². The molecule has 1 aliphatic heterocycles. The van der Waals surface area contributed by atoms with Crippen molar-refractivity contribution < 1.29 is 50.0 Å². The van der Waals surface area contributed by atoms with E-state index < -0.39 is 74.2 Å². The van der Waals surface area contributed by atoms with Crippen molar-refractivity contribution in [2.45, 2.75) is 242 Å². The molecular weight excluding hydrogens is 714 g/mol. The third kappa shape index (κ3) is 25.2. The lowest BCUT2D eigenvalue weighted by molar-refractivity contribution is -0.303. The van der Waals surface area contributed by atoms with Gasteiger partial charge in [0.1, 0.15) is 36.6 Å². The molecule has 1 fully saturated rings. The summed E-state index contributed by atoms with van der Waals surface area (Å²) in [5.41, 5.74) is 0. The highest BCUT2D eigenvalue weighted by molar-refractivity contribution is 5.80. The molecule has 8 N–H and O–H groups in total. The summed E-state index contributed by atoms with van der Waals surface area (Å²) in [6.07, 6.45) is 26.5. The molecule has 0 saturated carbocycles. The van der Waals surface area contributed by atoms with Crippen LogP contribution < -0.4 is 5.32 Å². The number of hydrogen-bond donors (Lipinski definition) is 8. The van der Waals surface area contributed by atoms with Crippen LogP contribution in [-0.2, 0) is 14.3 Å².